The molecule has 72 valence electrons. The van der Waals surface area contributed by atoms with Crippen LogP contribution in [0.25, 0.3) is 0 Å². The monoisotopic (exact) mass is 198 g/mol. The van der Waals surface area contributed by atoms with Gasteiger partial charge in [-0.25, -0.2) is 0 Å². The zero-order valence-electron chi connectivity index (χ0n) is 8.03. The minimum Gasteiger partial charge on any atom is -0.508 e. The van der Waals surface area contributed by atoms with Crippen molar-refractivity contribution in [2.45, 2.75) is 30.4 Å². The lowest BCUT2D eigenvalue weighted by Crippen LogP contribution is -2.06. The quantitative estimate of drug-likeness (QED) is 0.538. The Bertz CT molecular complexity index is 302. The SMILES string of the molecule is CC(C)(C)Sc1cc(O)ccc1O. The summed E-state index contributed by atoms with van der Waals surface area (Å²) >= 11 is 1.53. The minimum atomic E-state index is 0.0330. The van der Waals surface area contributed by atoms with Gasteiger partial charge >= 0.3 is 0 Å². The third-order valence-electron chi connectivity index (χ3n) is 1.36. The van der Waals surface area contributed by atoms with Gasteiger partial charge in [-0.2, -0.15) is 0 Å². The lowest BCUT2D eigenvalue weighted by Gasteiger charge is -2.18. The Kier molecular flexibility index (Phi) is 2.76. The standard InChI is InChI=1S/C10H14O2S/c1-10(2,3)13-9-6-7(11)4-5-8(9)12/h4-6,11-12H,1-3H3. The molecule has 2 nitrogen and oxygen atoms in total. The summed E-state index contributed by atoms with van der Waals surface area (Å²) in [6.07, 6.45) is 0. The highest BCUT2D eigenvalue weighted by Gasteiger charge is 2.14. The van der Waals surface area contributed by atoms with Crippen molar-refractivity contribution in [3.63, 3.8) is 0 Å². The average Bonchev–Trinajstić information content (AvgIpc) is 1.94. The zero-order chi connectivity index (χ0) is 10.1. The third-order valence-corrected chi connectivity index (χ3v) is 2.52. The number of thioether (sulfide) groups is 1. The van der Waals surface area contributed by atoms with E-state index in [1.165, 1.54) is 23.9 Å². The molecule has 0 saturated heterocycles. The number of benzene rings is 1. The molecule has 3 heteroatoms. The van der Waals surface area contributed by atoms with Crippen molar-refractivity contribution in [3.05, 3.63) is 18.2 Å². The van der Waals surface area contributed by atoms with Gasteiger partial charge in [-0.3, -0.25) is 0 Å². The van der Waals surface area contributed by atoms with E-state index < -0.39 is 0 Å². The normalized spacial score (nSPS) is 11.6. The van der Waals surface area contributed by atoms with Crippen molar-refractivity contribution in [2.75, 3.05) is 0 Å². The van der Waals surface area contributed by atoms with E-state index in [0.717, 1.165) is 0 Å². The Morgan fingerprint density at radius 1 is 1.15 bits per heavy atom. The molecule has 2 N–H and O–H groups in total. The van der Waals surface area contributed by atoms with Crippen LogP contribution in [-0.2, 0) is 0 Å². The van der Waals surface area contributed by atoms with Gasteiger partial charge < -0.3 is 10.2 Å². The predicted octanol–water partition coefficient (Wildman–Crippen LogP) is 2.99. The van der Waals surface area contributed by atoms with Gasteiger partial charge in [-0.15, -0.1) is 11.8 Å². The van der Waals surface area contributed by atoms with E-state index in [1.807, 2.05) is 0 Å². The molecule has 0 unspecified atom stereocenters. The summed E-state index contributed by atoms with van der Waals surface area (Å²) in [6, 6.07) is 4.55. The fraction of sp³-hybridized carbons (Fsp3) is 0.400. The summed E-state index contributed by atoms with van der Waals surface area (Å²) in [5.74, 6) is 0.405. The van der Waals surface area contributed by atoms with Crippen LogP contribution in [0.15, 0.2) is 23.1 Å². The molecule has 0 amide bonds. The second-order valence-electron chi connectivity index (χ2n) is 3.87. The molecule has 0 aliphatic rings. The van der Waals surface area contributed by atoms with Gasteiger partial charge in [-0.1, -0.05) is 20.8 Å². The second kappa shape index (κ2) is 3.50. The molecule has 0 aliphatic carbocycles. The fourth-order valence-corrected chi connectivity index (χ4v) is 1.93. The first-order valence-electron chi connectivity index (χ1n) is 4.09. The molecule has 1 rings (SSSR count). The van der Waals surface area contributed by atoms with Gasteiger partial charge in [0.25, 0.3) is 0 Å². The lowest BCUT2D eigenvalue weighted by atomic mass is 10.3. The zero-order valence-corrected chi connectivity index (χ0v) is 8.85. The number of phenols is 2. The Morgan fingerprint density at radius 3 is 2.31 bits per heavy atom. The summed E-state index contributed by atoms with van der Waals surface area (Å²) in [6.45, 7) is 6.17. The van der Waals surface area contributed by atoms with Crippen LogP contribution in [0.2, 0.25) is 0 Å². The molecule has 0 spiro atoms. The van der Waals surface area contributed by atoms with Gasteiger partial charge in [0, 0.05) is 4.75 Å². The topological polar surface area (TPSA) is 40.5 Å². The molecule has 0 aromatic heterocycles. The molecule has 13 heavy (non-hydrogen) atoms. The van der Waals surface area contributed by atoms with Gasteiger partial charge in [0.15, 0.2) is 0 Å². The average molecular weight is 198 g/mol. The lowest BCUT2D eigenvalue weighted by molar-refractivity contribution is 0.448. The molecule has 0 radical (unpaired) electrons. The molecule has 1 aromatic carbocycles. The first-order valence-corrected chi connectivity index (χ1v) is 4.91. The highest BCUT2D eigenvalue weighted by atomic mass is 32.2. The molecule has 0 bridgehead atoms. The molecule has 0 atom stereocenters. The molecule has 1 aromatic rings. The van der Waals surface area contributed by atoms with E-state index in [9.17, 15) is 10.2 Å². The van der Waals surface area contributed by atoms with Crippen LogP contribution >= 0.6 is 11.8 Å². The van der Waals surface area contributed by atoms with Crippen LogP contribution in [-0.4, -0.2) is 15.0 Å². The van der Waals surface area contributed by atoms with Crippen LogP contribution in [0, 0.1) is 0 Å². The van der Waals surface area contributed by atoms with Crippen molar-refractivity contribution >= 4 is 11.8 Å². The van der Waals surface area contributed by atoms with E-state index in [1.54, 1.807) is 6.07 Å². The summed E-state index contributed by atoms with van der Waals surface area (Å²) in [4.78, 5) is 0.715. The highest BCUT2D eigenvalue weighted by Crippen LogP contribution is 2.38. The van der Waals surface area contributed by atoms with Gasteiger partial charge in [-0.05, 0) is 18.2 Å². The number of aromatic hydroxyl groups is 2. The van der Waals surface area contributed by atoms with Crippen molar-refractivity contribution in [2.24, 2.45) is 0 Å². The summed E-state index contributed by atoms with van der Waals surface area (Å²) in [5, 5.41) is 18.7. The summed E-state index contributed by atoms with van der Waals surface area (Å²) < 4.78 is 0.0330. The molecule has 0 saturated carbocycles. The number of hydrogen-bond donors (Lipinski definition) is 2. The van der Waals surface area contributed by atoms with E-state index in [4.69, 9.17) is 0 Å². The van der Waals surface area contributed by atoms with Crippen LogP contribution < -0.4 is 0 Å². The van der Waals surface area contributed by atoms with E-state index in [0.29, 0.717) is 4.90 Å². The van der Waals surface area contributed by atoms with Gasteiger partial charge in [0.05, 0.1) is 4.90 Å². The number of hydrogen-bond acceptors (Lipinski definition) is 3. The van der Waals surface area contributed by atoms with Crippen LogP contribution in [0.3, 0.4) is 0 Å². The molecule has 0 aliphatic heterocycles. The summed E-state index contributed by atoms with van der Waals surface area (Å²) in [5.41, 5.74) is 0. The van der Waals surface area contributed by atoms with Crippen LogP contribution in [0.1, 0.15) is 20.8 Å². The Labute approximate surface area is 82.6 Å². The van der Waals surface area contributed by atoms with Crippen molar-refractivity contribution < 1.29 is 10.2 Å². The molecule has 0 heterocycles. The maximum Gasteiger partial charge on any atom is 0.129 e. The van der Waals surface area contributed by atoms with Crippen LogP contribution in [0.5, 0.6) is 11.5 Å². The number of phenolic OH excluding ortho intramolecular Hbond substituents is 2. The van der Waals surface area contributed by atoms with Crippen molar-refractivity contribution in [1.29, 1.82) is 0 Å². The Hall–Kier alpha value is -0.830. The van der Waals surface area contributed by atoms with Gasteiger partial charge in [0.1, 0.15) is 11.5 Å². The minimum absolute atomic E-state index is 0.0330. The first-order chi connectivity index (χ1) is 5.88. The van der Waals surface area contributed by atoms with Crippen molar-refractivity contribution in [1.82, 2.24) is 0 Å². The molecule has 0 fully saturated rings. The largest absolute Gasteiger partial charge is 0.508 e. The maximum absolute atomic E-state index is 9.47. The van der Waals surface area contributed by atoms with Gasteiger partial charge in [0.2, 0.25) is 0 Å². The maximum atomic E-state index is 9.47. The number of rotatable bonds is 1. The molecular weight excluding hydrogens is 184 g/mol. The van der Waals surface area contributed by atoms with E-state index >= 15 is 0 Å². The predicted molar refractivity (Wildman–Crippen MR) is 55.4 cm³/mol. The smallest absolute Gasteiger partial charge is 0.129 e. The summed E-state index contributed by atoms with van der Waals surface area (Å²) in [7, 11) is 0. The Balaban J connectivity index is 2.94. The first kappa shape index (κ1) is 10.3. The Morgan fingerprint density at radius 2 is 1.77 bits per heavy atom. The van der Waals surface area contributed by atoms with Crippen molar-refractivity contribution in [3.8, 4) is 11.5 Å². The highest BCUT2D eigenvalue weighted by molar-refractivity contribution is 8.00. The third kappa shape index (κ3) is 3.19. The van der Waals surface area contributed by atoms with E-state index in [-0.39, 0.29) is 16.2 Å². The molecular formula is C10H14O2S. The van der Waals surface area contributed by atoms with E-state index in [2.05, 4.69) is 20.8 Å². The second-order valence-corrected chi connectivity index (χ2v) is 5.74. The fourth-order valence-electron chi connectivity index (χ4n) is 0.914. The van der Waals surface area contributed by atoms with Crippen LogP contribution in [0.4, 0.5) is 0 Å².